The van der Waals surface area contributed by atoms with Crippen LogP contribution in [-0.4, -0.2) is 39.0 Å². The van der Waals surface area contributed by atoms with Gasteiger partial charge in [0.2, 0.25) is 0 Å². The van der Waals surface area contributed by atoms with Crippen LogP contribution in [-0.2, 0) is 6.54 Å². The Morgan fingerprint density at radius 3 is 3.00 bits per heavy atom. The molecule has 4 nitrogen and oxygen atoms in total. The van der Waals surface area contributed by atoms with E-state index in [1.165, 1.54) is 5.56 Å². The predicted octanol–water partition coefficient (Wildman–Crippen LogP) is 1.44. The van der Waals surface area contributed by atoms with Gasteiger partial charge in [0.25, 0.3) is 0 Å². The molecule has 2 heterocycles. The first-order valence-corrected chi connectivity index (χ1v) is 6.30. The lowest BCUT2D eigenvalue weighted by atomic mass is 10.2. The van der Waals surface area contributed by atoms with Gasteiger partial charge in [-0.3, -0.25) is 4.90 Å². The number of benzene rings is 1. The van der Waals surface area contributed by atoms with Gasteiger partial charge in [-0.1, -0.05) is 12.1 Å². The van der Waals surface area contributed by atoms with Crippen molar-refractivity contribution in [2.45, 2.75) is 19.1 Å². The van der Waals surface area contributed by atoms with Crippen LogP contribution in [0.2, 0.25) is 0 Å². The summed E-state index contributed by atoms with van der Waals surface area (Å²) < 4.78 is 1.86. The quantitative estimate of drug-likeness (QED) is 0.887. The summed E-state index contributed by atoms with van der Waals surface area (Å²) in [5.41, 5.74) is 2.34. The van der Waals surface area contributed by atoms with Gasteiger partial charge in [-0.25, -0.2) is 4.68 Å². The minimum absolute atomic E-state index is 0.153. The number of likely N-dealkylation sites (tertiary alicyclic amines) is 1. The molecular formula is C14H17N3O. The summed E-state index contributed by atoms with van der Waals surface area (Å²) in [5, 5.41) is 13.8. The smallest absolute Gasteiger partial charge is 0.0679 e. The highest BCUT2D eigenvalue weighted by Gasteiger charge is 2.19. The highest BCUT2D eigenvalue weighted by molar-refractivity contribution is 5.35. The number of aromatic nitrogens is 2. The van der Waals surface area contributed by atoms with Crippen molar-refractivity contribution in [1.82, 2.24) is 14.7 Å². The van der Waals surface area contributed by atoms with Crippen LogP contribution in [0.5, 0.6) is 0 Å². The molecule has 1 aromatic heterocycles. The molecule has 94 valence electrons. The topological polar surface area (TPSA) is 41.3 Å². The Morgan fingerprint density at radius 2 is 2.28 bits per heavy atom. The molecule has 0 bridgehead atoms. The third kappa shape index (κ3) is 2.44. The lowest BCUT2D eigenvalue weighted by Gasteiger charge is -2.15. The van der Waals surface area contributed by atoms with Gasteiger partial charge in [-0.05, 0) is 30.2 Å². The van der Waals surface area contributed by atoms with E-state index in [4.69, 9.17) is 0 Å². The Bertz CT molecular complexity index is 510. The molecule has 0 unspecified atom stereocenters. The molecule has 0 saturated carbocycles. The van der Waals surface area contributed by atoms with E-state index in [1.807, 2.05) is 16.9 Å². The predicted molar refractivity (Wildman–Crippen MR) is 69.5 cm³/mol. The maximum absolute atomic E-state index is 9.53. The SMILES string of the molecule is O[C@@H]1CCN(Cc2cccc(-n3cccn3)c2)C1. The molecule has 0 aliphatic carbocycles. The first-order chi connectivity index (χ1) is 8.81. The van der Waals surface area contributed by atoms with Crippen molar-refractivity contribution in [3.05, 3.63) is 48.3 Å². The van der Waals surface area contributed by atoms with Gasteiger partial charge in [0.15, 0.2) is 0 Å². The van der Waals surface area contributed by atoms with E-state index in [0.29, 0.717) is 0 Å². The van der Waals surface area contributed by atoms with Gasteiger partial charge in [-0.2, -0.15) is 5.10 Å². The molecule has 0 radical (unpaired) electrons. The zero-order chi connectivity index (χ0) is 12.4. The van der Waals surface area contributed by atoms with Crippen molar-refractivity contribution in [1.29, 1.82) is 0 Å². The van der Waals surface area contributed by atoms with Crippen LogP contribution < -0.4 is 0 Å². The molecule has 3 rings (SSSR count). The number of aliphatic hydroxyl groups excluding tert-OH is 1. The maximum Gasteiger partial charge on any atom is 0.0679 e. The van der Waals surface area contributed by atoms with Crippen molar-refractivity contribution in [3.8, 4) is 5.69 Å². The molecule has 2 aromatic rings. The third-order valence-corrected chi connectivity index (χ3v) is 3.33. The summed E-state index contributed by atoms with van der Waals surface area (Å²) in [4.78, 5) is 2.28. The lowest BCUT2D eigenvalue weighted by Crippen LogP contribution is -2.21. The minimum Gasteiger partial charge on any atom is -0.392 e. The zero-order valence-corrected chi connectivity index (χ0v) is 10.2. The van der Waals surface area contributed by atoms with Crippen LogP contribution in [0.15, 0.2) is 42.7 Å². The summed E-state index contributed by atoms with van der Waals surface area (Å²) in [6, 6.07) is 10.3. The molecule has 0 spiro atoms. The van der Waals surface area contributed by atoms with Crippen molar-refractivity contribution in [2.24, 2.45) is 0 Å². The van der Waals surface area contributed by atoms with Crippen LogP contribution in [0.3, 0.4) is 0 Å². The highest BCUT2D eigenvalue weighted by Crippen LogP contribution is 2.15. The van der Waals surface area contributed by atoms with E-state index < -0.39 is 0 Å². The molecule has 1 aliphatic rings. The number of aliphatic hydroxyl groups is 1. The molecule has 1 atom stereocenters. The number of nitrogens with zero attached hydrogens (tertiary/aromatic N) is 3. The fraction of sp³-hybridized carbons (Fsp3) is 0.357. The van der Waals surface area contributed by atoms with Crippen LogP contribution in [0, 0.1) is 0 Å². The highest BCUT2D eigenvalue weighted by atomic mass is 16.3. The Kier molecular flexibility index (Phi) is 3.13. The first kappa shape index (κ1) is 11.4. The van der Waals surface area contributed by atoms with Crippen molar-refractivity contribution >= 4 is 0 Å². The normalized spacial score (nSPS) is 20.4. The fourth-order valence-corrected chi connectivity index (χ4v) is 2.43. The van der Waals surface area contributed by atoms with Gasteiger partial charge < -0.3 is 5.11 Å². The first-order valence-electron chi connectivity index (χ1n) is 6.30. The lowest BCUT2D eigenvalue weighted by molar-refractivity contribution is 0.175. The van der Waals surface area contributed by atoms with Gasteiger partial charge in [0, 0.05) is 32.0 Å². The van der Waals surface area contributed by atoms with E-state index in [-0.39, 0.29) is 6.10 Å². The number of hydrogen-bond acceptors (Lipinski definition) is 3. The largest absolute Gasteiger partial charge is 0.392 e. The Labute approximate surface area is 106 Å². The van der Waals surface area contributed by atoms with Crippen LogP contribution in [0.25, 0.3) is 5.69 Å². The molecule has 1 fully saturated rings. The minimum atomic E-state index is -0.153. The number of β-amino-alcohol motifs (C(OH)–C–C–N with tert-alkyl or cyclic N) is 1. The maximum atomic E-state index is 9.53. The van der Waals surface area contributed by atoms with Gasteiger partial charge in [-0.15, -0.1) is 0 Å². The standard InChI is InChI=1S/C14H17N3O/c18-14-5-8-16(11-14)10-12-3-1-4-13(9-12)17-7-2-6-15-17/h1-4,6-7,9,14,18H,5,8,10-11H2/t14-/m1/s1. The summed E-state index contributed by atoms with van der Waals surface area (Å²) >= 11 is 0. The van der Waals surface area contributed by atoms with E-state index in [2.05, 4.69) is 34.3 Å². The van der Waals surface area contributed by atoms with Crippen LogP contribution in [0.1, 0.15) is 12.0 Å². The summed E-state index contributed by atoms with van der Waals surface area (Å²) in [6.45, 7) is 2.66. The molecular weight excluding hydrogens is 226 g/mol. The van der Waals surface area contributed by atoms with Crippen molar-refractivity contribution in [2.75, 3.05) is 13.1 Å². The molecule has 18 heavy (non-hydrogen) atoms. The van der Waals surface area contributed by atoms with E-state index in [1.54, 1.807) is 6.20 Å². The van der Waals surface area contributed by atoms with E-state index in [9.17, 15) is 5.11 Å². The molecule has 1 aromatic carbocycles. The van der Waals surface area contributed by atoms with Crippen LogP contribution in [0.4, 0.5) is 0 Å². The Morgan fingerprint density at radius 1 is 1.33 bits per heavy atom. The van der Waals surface area contributed by atoms with E-state index in [0.717, 1.165) is 31.7 Å². The second kappa shape index (κ2) is 4.92. The Hall–Kier alpha value is -1.65. The van der Waals surface area contributed by atoms with Crippen molar-refractivity contribution in [3.63, 3.8) is 0 Å². The zero-order valence-electron chi connectivity index (χ0n) is 10.2. The summed E-state index contributed by atoms with van der Waals surface area (Å²) in [7, 11) is 0. The second-order valence-corrected chi connectivity index (χ2v) is 4.80. The molecule has 1 aliphatic heterocycles. The van der Waals surface area contributed by atoms with Gasteiger partial charge >= 0.3 is 0 Å². The molecule has 4 heteroatoms. The molecule has 0 amide bonds. The number of hydrogen-bond donors (Lipinski definition) is 1. The fourth-order valence-electron chi connectivity index (χ4n) is 2.43. The summed E-state index contributed by atoms with van der Waals surface area (Å²) in [6.07, 6.45) is 4.46. The average molecular weight is 243 g/mol. The Balaban J connectivity index is 1.75. The van der Waals surface area contributed by atoms with Gasteiger partial charge in [0.05, 0.1) is 11.8 Å². The van der Waals surface area contributed by atoms with Crippen LogP contribution >= 0.6 is 0 Å². The second-order valence-electron chi connectivity index (χ2n) is 4.80. The van der Waals surface area contributed by atoms with Gasteiger partial charge in [0.1, 0.15) is 0 Å². The van der Waals surface area contributed by atoms with Crippen molar-refractivity contribution < 1.29 is 5.11 Å². The number of rotatable bonds is 3. The molecule has 1 saturated heterocycles. The summed E-state index contributed by atoms with van der Waals surface area (Å²) in [5.74, 6) is 0. The van der Waals surface area contributed by atoms with E-state index >= 15 is 0 Å². The monoisotopic (exact) mass is 243 g/mol. The molecule has 1 N–H and O–H groups in total. The average Bonchev–Trinajstić information content (AvgIpc) is 3.01. The third-order valence-electron chi connectivity index (χ3n) is 3.33.